The highest BCUT2D eigenvalue weighted by Gasteiger charge is 2.11. The number of rotatable bonds is 4. The number of furan rings is 1. The van der Waals surface area contributed by atoms with Gasteiger partial charge in [-0.1, -0.05) is 11.8 Å². The highest BCUT2D eigenvalue weighted by Crippen LogP contribution is 2.35. The summed E-state index contributed by atoms with van der Waals surface area (Å²) in [6.07, 6.45) is 3.67. The second-order valence-corrected chi connectivity index (χ2v) is 4.96. The van der Waals surface area contributed by atoms with Gasteiger partial charge in [-0.2, -0.15) is 5.26 Å². The first-order valence-electron chi connectivity index (χ1n) is 6.37. The molecule has 114 valence electrons. The Morgan fingerprint density at radius 1 is 1.45 bits per heavy atom. The van der Waals surface area contributed by atoms with E-state index in [2.05, 4.69) is 10.3 Å². The Hall–Kier alpha value is -2.43. The minimum atomic E-state index is -0.166. The van der Waals surface area contributed by atoms with Crippen molar-refractivity contribution in [3.8, 4) is 23.3 Å². The van der Waals surface area contributed by atoms with Gasteiger partial charge < -0.3 is 14.3 Å². The van der Waals surface area contributed by atoms with E-state index in [4.69, 9.17) is 19.5 Å². The molecule has 22 heavy (non-hydrogen) atoms. The van der Waals surface area contributed by atoms with Crippen LogP contribution in [0.15, 0.2) is 39.7 Å². The van der Waals surface area contributed by atoms with Gasteiger partial charge in [-0.05, 0) is 30.5 Å². The number of nitriles is 1. The summed E-state index contributed by atoms with van der Waals surface area (Å²) in [6, 6.07) is 8.85. The summed E-state index contributed by atoms with van der Waals surface area (Å²) in [5.74, 6) is 1.71. The molecule has 1 aromatic heterocycles. The molecule has 0 aliphatic heterocycles. The van der Waals surface area contributed by atoms with Crippen LogP contribution in [0.3, 0.4) is 0 Å². The molecule has 0 aliphatic carbocycles. The highest BCUT2D eigenvalue weighted by atomic mass is 32.2. The van der Waals surface area contributed by atoms with Crippen LogP contribution in [-0.2, 0) is 6.61 Å². The van der Waals surface area contributed by atoms with E-state index in [1.807, 2.05) is 18.5 Å². The predicted molar refractivity (Wildman–Crippen MR) is 86.0 cm³/mol. The molecule has 7 heteroatoms. The summed E-state index contributed by atoms with van der Waals surface area (Å²) >= 11 is 1.32. The molecule has 0 radical (unpaired) electrons. The quantitative estimate of drug-likeness (QED) is 0.390. The normalized spacial score (nSPS) is 11.1. The van der Waals surface area contributed by atoms with Gasteiger partial charge in [0.25, 0.3) is 0 Å². The number of amidine groups is 1. The number of aliphatic hydroxyl groups is 1. The van der Waals surface area contributed by atoms with Crippen molar-refractivity contribution in [2.24, 2.45) is 4.99 Å². The number of ether oxygens (including phenoxy) is 1. The molecule has 1 heterocycles. The van der Waals surface area contributed by atoms with Crippen LogP contribution in [0.2, 0.25) is 0 Å². The van der Waals surface area contributed by atoms with E-state index in [-0.39, 0.29) is 6.61 Å². The van der Waals surface area contributed by atoms with E-state index in [1.54, 1.807) is 31.4 Å². The van der Waals surface area contributed by atoms with Gasteiger partial charge in [-0.25, -0.2) is 4.99 Å². The first-order chi connectivity index (χ1) is 10.7. The Morgan fingerprint density at radius 2 is 2.27 bits per heavy atom. The van der Waals surface area contributed by atoms with Crippen molar-refractivity contribution in [1.82, 2.24) is 5.32 Å². The fourth-order valence-electron chi connectivity index (χ4n) is 1.83. The molecule has 2 aromatic rings. The number of aliphatic imine (C=N–C) groups is 1. The van der Waals surface area contributed by atoms with Crippen LogP contribution in [0.4, 0.5) is 5.69 Å². The number of aliphatic hydroxyl groups excluding tert-OH is 1. The minimum Gasteiger partial charge on any atom is -0.497 e. The standard InChI is InChI=1S/C15H15N3O3S/c1-20-10-3-5-12(14-6-4-11(8-19)21-14)13(7-10)18-15(22-2)17-9-16/h3-7,19H,8H2,1-2H3,(H,17,18). The molecule has 0 unspecified atom stereocenters. The Morgan fingerprint density at radius 3 is 2.86 bits per heavy atom. The zero-order valence-corrected chi connectivity index (χ0v) is 13.0. The predicted octanol–water partition coefficient (Wildman–Crippen LogP) is 2.87. The fourth-order valence-corrected chi connectivity index (χ4v) is 2.17. The molecule has 2 N–H and O–H groups in total. The summed E-state index contributed by atoms with van der Waals surface area (Å²) in [4.78, 5) is 4.43. The summed E-state index contributed by atoms with van der Waals surface area (Å²) in [5.41, 5.74) is 1.34. The molecule has 0 saturated carbocycles. The largest absolute Gasteiger partial charge is 0.497 e. The lowest BCUT2D eigenvalue weighted by Gasteiger charge is -2.07. The lowest BCUT2D eigenvalue weighted by Crippen LogP contribution is -2.12. The van der Waals surface area contributed by atoms with E-state index in [0.717, 1.165) is 5.56 Å². The van der Waals surface area contributed by atoms with Gasteiger partial charge in [-0.15, -0.1) is 0 Å². The van der Waals surface area contributed by atoms with Crippen LogP contribution in [0, 0.1) is 11.5 Å². The zero-order valence-electron chi connectivity index (χ0n) is 12.2. The van der Waals surface area contributed by atoms with Gasteiger partial charge in [0.1, 0.15) is 23.9 Å². The number of benzene rings is 1. The topological polar surface area (TPSA) is 90.8 Å². The van der Waals surface area contributed by atoms with Crippen LogP contribution < -0.4 is 10.1 Å². The molecular weight excluding hydrogens is 302 g/mol. The average molecular weight is 317 g/mol. The fraction of sp³-hybridized carbons (Fsp3) is 0.200. The van der Waals surface area contributed by atoms with Gasteiger partial charge in [0.15, 0.2) is 11.4 Å². The Labute approximate surface area is 132 Å². The van der Waals surface area contributed by atoms with E-state index in [0.29, 0.717) is 28.1 Å². The molecule has 0 spiro atoms. The molecule has 1 aromatic carbocycles. The number of hydrogen-bond acceptors (Lipinski definition) is 6. The summed E-state index contributed by atoms with van der Waals surface area (Å²) in [7, 11) is 1.57. The molecule has 2 rings (SSSR count). The van der Waals surface area contributed by atoms with Crippen molar-refractivity contribution in [2.75, 3.05) is 13.4 Å². The van der Waals surface area contributed by atoms with Gasteiger partial charge >= 0.3 is 0 Å². The monoisotopic (exact) mass is 317 g/mol. The summed E-state index contributed by atoms with van der Waals surface area (Å²) < 4.78 is 10.8. The SMILES string of the molecule is COc1ccc(-c2ccc(CO)o2)c(N=C(NC#N)SC)c1. The number of nitrogens with zero attached hydrogens (tertiary/aromatic N) is 2. The average Bonchev–Trinajstić information content (AvgIpc) is 3.03. The van der Waals surface area contributed by atoms with E-state index in [1.165, 1.54) is 11.8 Å². The molecule has 0 amide bonds. The van der Waals surface area contributed by atoms with Crippen molar-refractivity contribution in [3.05, 3.63) is 36.1 Å². The van der Waals surface area contributed by atoms with Crippen molar-refractivity contribution >= 4 is 22.6 Å². The first-order valence-corrected chi connectivity index (χ1v) is 7.60. The van der Waals surface area contributed by atoms with Crippen LogP contribution in [-0.4, -0.2) is 23.6 Å². The van der Waals surface area contributed by atoms with Crippen LogP contribution in [0.5, 0.6) is 5.75 Å². The lowest BCUT2D eigenvalue weighted by atomic mass is 10.1. The van der Waals surface area contributed by atoms with Crippen LogP contribution >= 0.6 is 11.8 Å². The third-order valence-electron chi connectivity index (χ3n) is 2.87. The second-order valence-electron chi connectivity index (χ2n) is 4.17. The molecular formula is C15H15N3O3S. The third kappa shape index (κ3) is 3.61. The summed E-state index contributed by atoms with van der Waals surface area (Å²) in [5, 5.41) is 20.8. The number of methoxy groups -OCH3 is 1. The minimum absolute atomic E-state index is 0.166. The third-order valence-corrected chi connectivity index (χ3v) is 3.45. The Bertz CT molecular complexity index is 719. The van der Waals surface area contributed by atoms with Crippen molar-refractivity contribution in [2.45, 2.75) is 6.61 Å². The van der Waals surface area contributed by atoms with E-state index in [9.17, 15) is 0 Å². The van der Waals surface area contributed by atoms with E-state index >= 15 is 0 Å². The Kier molecular flexibility index (Phi) is 5.47. The van der Waals surface area contributed by atoms with Crippen LogP contribution in [0.1, 0.15) is 5.76 Å². The van der Waals surface area contributed by atoms with Gasteiger partial charge in [-0.3, -0.25) is 5.32 Å². The zero-order chi connectivity index (χ0) is 15.9. The van der Waals surface area contributed by atoms with Crippen molar-refractivity contribution in [1.29, 1.82) is 5.26 Å². The molecule has 0 fully saturated rings. The molecule has 0 aliphatic rings. The lowest BCUT2D eigenvalue weighted by molar-refractivity contribution is 0.248. The van der Waals surface area contributed by atoms with Gasteiger partial charge in [0.2, 0.25) is 0 Å². The Balaban J connectivity index is 2.51. The van der Waals surface area contributed by atoms with Crippen LogP contribution in [0.25, 0.3) is 11.3 Å². The smallest absolute Gasteiger partial charge is 0.183 e. The summed E-state index contributed by atoms with van der Waals surface area (Å²) in [6.45, 7) is -0.166. The van der Waals surface area contributed by atoms with Crippen molar-refractivity contribution in [3.63, 3.8) is 0 Å². The van der Waals surface area contributed by atoms with Crippen molar-refractivity contribution < 1.29 is 14.3 Å². The first kappa shape index (κ1) is 15.9. The van der Waals surface area contributed by atoms with E-state index < -0.39 is 0 Å². The maximum atomic E-state index is 9.11. The molecule has 0 atom stereocenters. The molecule has 0 saturated heterocycles. The number of thioether (sulfide) groups is 1. The highest BCUT2D eigenvalue weighted by molar-refractivity contribution is 8.13. The maximum absolute atomic E-state index is 9.11. The maximum Gasteiger partial charge on any atom is 0.183 e. The second kappa shape index (κ2) is 7.54. The molecule has 0 bridgehead atoms. The molecule has 6 nitrogen and oxygen atoms in total. The van der Waals surface area contributed by atoms with Gasteiger partial charge in [0.05, 0.1) is 12.8 Å². The van der Waals surface area contributed by atoms with Gasteiger partial charge in [0, 0.05) is 11.6 Å². The number of hydrogen-bond donors (Lipinski definition) is 2. The number of nitrogens with one attached hydrogen (secondary N) is 1.